The van der Waals surface area contributed by atoms with Gasteiger partial charge in [0, 0.05) is 23.6 Å². The van der Waals surface area contributed by atoms with Crippen LogP contribution in [0.5, 0.6) is 5.75 Å². The molecule has 9 nitrogen and oxygen atoms in total. The van der Waals surface area contributed by atoms with Crippen molar-refractivity contribution in [3.63, 3.8) is 0 Å². The predicted octanol–water partition coefficient (Wildman–Crippen LogP) is 5.55. The maximum Gasteiger partial charge on any atom is 0.410 e. The summed E-state index contributed by atoms with van der Waals surface area (Å²) in [6.45, 7) is 6.07. The Kier molecular flexibility index (Phi) is 7.38. The molecular weight excluding hydrogens is 512 g/mol. The molecule has 0 bridgehead atoms. The van der Waals surface area contributed by atoms with Gasteiger partial charge in [0.25, 0.3) is 0 Å². The molecule has 2 N–H and O–H groups in total. The molecule has 9 heteroatoms. The van der Waals surface area contributed by atoms with Crippen molar-refractivity contribution in [3.8, 4) is 16.9 Å². The van der Waals surface area contributed by atoms with Crippen molar-refractivity contribution in [2.75, 3.05) is 19.8 Å². The molecule has 0 radical (unpaired) electrons. The van der Waals surface area contributed by atoms with E-state index >= 15 is 0 Å². The van der Waals surface area contributed by atoms with Crippen LogP contribution in [0, 0.1) is 0 Å². The number of hydrogen-bond acceptors (Lipinski definition) is 6. The van der Waals surface area contributed by atoms with E-state index in [1.54, 1.807) is 20.8 Å². The van der Waals surface area contributed by atoms with Gasteiger partial charge in [0.15, 0.2) is 0 Å². The second-order valence-electron chi connectivity index (χ2n) is 10.9. The number of ether oxygens (including phenoxy) is 3. The molecule has 40 heavy (non-hydrogen) atoms. The van der Waals surface area contributed by atoms with Crippen LogP contribution in [0.15, 0.2) is 60.7 Å². The molecule has 0 saturated carbocycles. The zero-order valence-corrected chi connectivity index (χ0v) is 22.7. The van der Waals surface area contributed by atoms with Crippen molar-refractivity contribution in [2.24, 2.45) is 0 Å². The quantitative estimate of drug-likeness (QED) is 0.433. The molecule has 2 aliphatic rings. The molecule has 1 aliphatic heterocycles. The fourth-order valence-electron chi connectivity index (χ4n) is 5.15. The highest BCUT2D eigenvalue weighted by Gasteiger charge is 2.30. The van der Waals surface area contributed by atoms with Crippen LogP contribution in [0.4, 0.5) is 9.59 Å². The Balaban J connectivity index is 1.29. The van der Waals surface area contributed by atoms with Gasteiger partial charge in [-0.15, -0.1) is 0 Å². The van der Waals surface area contributed by atoms with Crippen LogP contribution in [0.25, 0.3) is 11.1 Å². The summed E-state index contributed by atoms with van der Waals surface area (Å²) in [5.74, 6) is -0.764. The van der Waals surface area contributed by atoms with Gasteiger partial charge in [-0.1, -0.05) is 48.5 Å². The second kappa shape index (κ2) is 10.9. The third kappa shape index (κ3) is 5.73. The third-order valence-corrected chi connectivity index (χ3v) is 6.88. The van der Waals surface area contributed by atoms with Crippen molar-refractivity contribution in [1.82, 2.24) is 10.2 Å². The highest BCUT2D eigenvalue weighted by atomic mass is 16.6. The average molecular weight is 545 g/mol. The van der Waals surface area contributed by atoms with Crippen LogP contribution in [0.3, 0.4) is 0 Å². The van der Waals surface area contributed by atoms with Gasteiger partial charge >= 0.3 is 18.2 Å². The van der Waals surface area contributed by atoms with E-state index in [0.717, 1.165) is 22.3 Å². The van der Waals surface area contributed by atoms with E-state index in [-0.39, 0.29) is 44.3 Å². The molecule has 0 spiro atoms. The number of nitrogens with one attached hydrogen (secondary N) is 1. The summed E-state index contributed by atoms with van der Waals surface area (Å²) >= 11 is 0. The van der Waals surface area contributed by atoms with Gasteiger partial charge in [-0.25, -0.2) is 14.4 Å². The molecule has 0 aromatic heterocycles. The zero-order chi connectivity index (χ0) is 28.4. The smallest absolute Gasteiger partial charge is 0.410 e. The normalized spacial score (nSPS) is 14.2. The Morgan fingerprint density at radius 3 is 2.30 bits per heavy atom. The molecule has 1 aliphatic carbocycles. The molecule has 0 saturated heterocycles. The number of hydrogen-bond donors (Lipinski definition) is 2. The van der Waals surface area contributed by atoms with Crippen LogP contribution in [-0.2, 0) is 22.6 Å². The van der Waals surface area contributed by atoms with Gasteiger partial charge in [-0.05, 0) is 55.2 Å². The summed E-state index contributed by atoms with van der Waals surface area (Å²) in [5, 5.41) is 12.4. The summed E-state index contributed by atoms with van der Waals surface area (Å²) in [4.78, 5) is 38.8. The number of nitrogens with zero attached hydrogens (tertiary/aromatic N) is 1. The summed E-state index contributed by atoms with van der Waals surface area (Å²) in [7, 11) is 0. The Morgan fingerprint density at radius 1 is 1.02 bits per heavy atom. The molecule has 0 unspecified atom stereocenters. The Hall–Kier alpha value is -4.53. The van der Waals surface area contributed by atoms with E-state index in [1.165, 1.54) is 17.0 Å². The second-order valence-corrected chi connectivity index (χ2v) is 10.9. The molecule has 5 rings (SSSR count). The molecule has 0 atom stereocenters. The predicted molar refractivity (Wildman–Crippen MR) is 147 cm³/mol. The van der Waals surface area contributed by atoms with Crippen molar-refractivity contribution >= 4 is 18.2 Å². The van der Waals surface area contributed by atoms with E-state index in [9.17, 15) is 19.5 Å². The van der Waals surface area contributed by atoms with Gasteiger partial charge in [0.2, 0.25) is 0 Å². The lowest BCUT2D eigenvalue weighted by Crippen LogP contribution is -2.37. The van der Waals surface area contributed by atoms with E-state index in [4.69, 9.17) is 14.2 Å². The zero-order valence-electron chi connectivity index (χ0n) is 22.7. The lowest BCUT2D eigenvalue weighted by molar-refractivity contribution is 0.0225. The summed E-state index contributed by atoms with van der Waals surface area (Å²) < 4.78 is 17.1. The number of aromatic carboxylic acids is 1. The monoisotopic (exact) mass is 544 g/mol. The Morgan fingerprint density at radius 2 is 1.68 bits per heavy atom. The molecule has 2 amide bonds. The summed E-state index contributed by atoms with van der Waals surface area (Å²) in [6, 6.07) is 19.1. The SMILES string of the molecule is CC(C)(C)OC(=O)N1CCOc2c(CNC(=O)OCC3c4ccccc4-c4ccccc43)cc(C(=O)O)cc2C1. The first-order valence-corrected chi connectivity index (χ1v) is 13.2. The van der Waals surface area contributed by atoms with E-state index < -0.39 is 23.8 Å². The minimum Gasteiger partial charge on any atom is -0.491 e. The fraction of sp³-hybridized carbons (Fsp3) is 0.323. The molecule has 3 aromatic rings. The summed E-state index contributed by atoms with van der Waals surface area (Å²) in [6.07, 6.45) is -1.14. The van der Waals surface area contributed by atoms with Crippen molar-refractivity contribution < 1.29 is 33.7 Å². The lowest BCUT2D eigenvalue weighted by atomic mass is 9.98. The number of amides is 2. The van der Waals surface area contributed by atoms with Crippen LogP contribution >= 0.6 is 0 Å². The number of rotatable bonds is 5. The molecule has 0 fully saturated rings. The Labute approximate surface area is 232 Å². The lowest BCUT2D eigenvalue weighted by Gasteiger charge is -2.26. The largest absolute Gasteiger partial charge is 0.491 e. The van der Waals surface area contributed by atoms with Crippen molar-refractivity contribution in [1.29, 1.82) is 0 Å². The first-order valence-electron chi connectivity index (χ1n) is 13.2. The van der Waals surface area contributed by atoms with Crippen LogP contribution in [0.1, 0.15) is 59.3 Å². The number of carbonyl (C=O) groups excluding carboxylic acids is 2. The number of benzene rings is 3. The van der Waals surface area contributed by atoms with E-state index in [2.05, 4.69) is 17.4 Å². The van der Waals surface area contributed by atoms with Crippen LogP contribution < -0.4 is 10.1 Å². The first kappa shape index (κ1) is 27.1. The van der Waals surface area contributed by atoms with Gasteiger partial charge in [0.05, 0.1) is 18.7 Å². The first-order chi connectivity index (χ1) is 19.1. The highest BCUT2D eigenvalue weighted by molar-refractivity contribution is 5.88. The molecular formula is C31H32N2O7. The van der Waals surface area contributed by atoms with Gasteiger partial charge in [0.1, 0.15) is 24.6 Å². The minimum absolute atomic E-state index is 0.00738. The third-order valence-electron chi connectivity index (χ3n) is 6.88. The van der Waals surface area contributed by atoms with Crippen molar-refractivity contribution in [3.05, 3.63) is 88.5 Å². The van der Waals surface area contributed by atoms with Crippen LogP contribution in [-0.4, -0.2) is 53.5 Å². The van der Waals surface area contributed by atoms with E-state index in [1.807, 2.05) is 36.4 Å². The number of carboxylic acids is 1. The number of fused-ring (bicyclic) bond motifs is 4. The molecule has 1 heterocycles. The molecule has 3 aromatic carbocycles. The average Bonchev–Trinajstić information content (AvgIpc) is 3.06. The minimum atomic E-state index is -1.13. The topological polar surface area (TPSA) is 114 Å². The van der Waals surface area contributed by atoms with Gasteiger partial charge in [-0.3, -0.25) is 0 Å². The van der Waals surface area contributed by atoms with Gasteiger partial charge in [-0.2, -0.15) is 0 Å². The number of carboxylic acid groups (broad SMARTS) is 1. The van der Waals surface area contributed by atoms with Crippen LogP contribution in [0.2, 0.25) is 0 Å². The number of alkyl carbamates (subject to hydrolysis) is 1. The standard InChI is InChI=1S/C31H32N2O7/c1-31(2,3)40-30(37)33-12-13-38-27-20(14-19(28(34)35)15-21(27)17-33)16-32-29(36)39-18-26-24-10-6-4-8-22(24)23-9-5-7-11-25(23)26/h4-11,14-15,26H,12-13,16-18H2,1-3H3,(H,32,36)(H,34,35). The highest BCUT2D eigenvalue weighted by Crippen LogP contribution is 2.44. The maximum atomic E-state index is 12.8. The maximum absolute atomic E-state index is 12.8. The Bertz CT molecular complexity index is 1410. The van der Waals surface area contributed by atoms with E-state index in [0.29, 0.717) is 16.9 Å². The molecule has 208 valence electrons. The summed E-state index contributed by atoms with van der Waals surface area (Å²) in [5.41, 5.74) is 4.85. The fourth-order valence-corrected chi connectivity index (χ4v) is 5.15. The van der Waals surface area contributed by atoms with Gasteiger partial charge < -0.3 is 29.5 Å². The van der Waals surface area contributed by atoms with Crippen molar-refractivity contribution in [2.45, 2.75) is 45.4 Å². The number of carbonyl (C=O) groups is 3.